The predicted molar refractivity (Wildman–Crippen MR) is 134 cm³/mol. The lowest BCUT2D eigenvalue weighted by molar-refractivity contribution is -0.114. The summed E-state index contributed by atoms with van der Waals surface area (Å²) in [7, 11) is -2.34. The van der Waals surface area contributed by atoms with Gasteiger partial charge in [-0.25, -0.2) is 18.1 Å². The highest BCUT2D eigenvalue weighted by Crippen LogP contribution is 2.32. The molecule has 2 aliphatic rings. The van der Waals surface area contributed by atoms with Crippen molar-refractivity contribution in [2.45, 2.75) is 13.8 Å². The quantitative estimate of drug-likeness (QED) is 0.279. The van der Waals surface area contributed by atoms with Crippen molar-refractivity contribution in [3.05, 3.63) is 64.7 Å². The van der Waals surface area contributed by atoms with Gasteiger partial charge in [-0.15, -0.1) is 0 Å². The lowest BCUT2D eigenvalue weighted by Gasteiger charge is -2.24. The molecule has 2 aromatic carbocycles. The van der Waals surface area contributed by atoms with Crippen LogP contribution in [-0.4, -0.2) is 54.2 Å². The highest BCUT2D eigenvalue weighted by Gasteiger charge is 2.42. The minimum Gasteiger partial charge on any atom is -0.493 e. The van der Waals surface area contributed by atoms with Crippen molar-refractivity contribution in [1.82, 2.24) is 4.90 Å². The maximum Gasteiger partial charge on any atom is 0.343 e. The summed E-state index contributed by atoms with van der Waals surface area (Å²) in [6.45, 7) is 3.33. The molecule has 0 radical (unpaired) electrons. The van der Waals surface area contributed by atoms with E-state index in [1.165, 1.54) is 32.2 Å². The molecule has 0 aromatic heterocycles. The number of hydrogen-bond donors (Lipinski definition) is 1. The van der Waals surface area contributed by atoms with Gasteiger partial charge in [0, 0.05) is 0 Å². The number of nitrogens with zero attached hydrogens (tertiary/aromatic N) is 3. The summed E-state index contributed by atoms with van der Waals surface area (Å²) in [6.07, 6.45) is 1.39. The number of nitrogens with one attached hydrogen (secondary N) is 1. The lowest BCUT2D eigenvalue weighted by Crippen LogP contribution is -2.45. The normalized spacial score (nSPS) is 16.7. The first kappa shape index (κ1) is 24.4. The first-order valence-electron chi connectivity index (χ1n) is 10.3. The van der Waals surface area contributed by atoms with E-state index in [1.54, 1.807) is 24.3 Å². The Morgan fingerprint density at radius 1 is 1.20 bits per heavy atom. The van der Waals surface area contributed by atoms with E-state index in [0.717, 1.165) is 22.4 Å². The van der Waals surface area contributed by atoms with Gasteiger partial charge in [-0.2, -0.15) is 9.39 Å². The smallest absolute Gasteiger partial charge is 0.343 e. The molecular weight excluding hydrogens is 492 g/mol. The molecule has 180 valence electrons. The van der Waals surface area contributed by atoms with E-state index in [1.807, 2.05) is 13.0 Å². The van der Waals surface area contributed by atoms with Gasteiger partial charge >= 0.3 is 5.97 Å². The van der Waals surface area contributed by atoms with Gasteiger partial charge in [-0.05, 0) is 42.8 Å². The van der Waals surface area contributed by atoms with Crippen molar-refractivity contribution in [2.75, 3.05) is 12.9 Å². The molecule has 0 atom stereocenters. The highest BCUT2D eigenvalue weighted by molar-refractivity contribution is 8.16. The summed E-state index contributed by atoms with van der Waals surface area (Å²) in [6, 6.07) is 11.6. The van der Waals surface area contributed by atoms with Crippen molar-refractivity contribution >= 4 is 55.9 Å². The van der Waals surface area contributed by atoms with Crippen LogP contribution in [0, 0.1) is 12.3 Å². The molecule has 35 heavy (non-hydrogen) atoms. The molecule has 2 heterocycles. The third-order valence-corrected chi connectivity index (χ3v) is 7.51. The molecule has 0 saturated carbocycles. The Labute approximate surface area is 205 Å². The molecule has 1 N–H and O–H groups in total. The monoisotopic (exact) mass is 512 g/mol. The molecule has 0 aliphatic carbocycles. The molecule has 0 fully saturated rings. The number of rotatable bonds is 5. The SMILES string of the molecule is CCS(=O)(=O)C1=NSC2=NC(=O)/C(=C\c3ccc(OC(=O)c4cccc(C)c4)c(OC)c3)C(=N)N21. The van der Waals surface area contributed by atoms with Crippen LogP contribution in [0.5, 0.6) is 11.5 Å². The molecule has 10 nitrogen and oxygen atoms in total. The van der Waals surface area contributed by atoms with E-state index in [9.17, 15) is 18.0 Å². The van der Waals surface area contributed by atoms with Crippen molar-refractivity contribution in [3.63, 3.8) is 0 Å². The van der Waals surface area contributed by atoms with Crippen LogP contribution < -0.4 is 9.47 Å². The van der Waals surface area contributed by atoms with Crippen LogP contribution in [-0.2, 0) is 14.6 Å². The zero-order valence-corrected chi connectivity index (χ0v) is 20.6. The third kappa shape index (κ3) is 4.75. The maximum absolute atomic E-state index is 12.6. The number of carbonyl (C=O) groups excluding carboxylic acids is 2. The Bertz CT molecular complexity index is 1460. The number of benzene rings is 2. The Hall–Kier alpha value is -3.77. The minimum atomic E-state index is -3.74. The second-order valence-corrected chi connectivity index (χ2v) is 10.4. The number of aryl methyl sites for hydroxylation is 1. The fourth-order valence-electron chi connectivity index (χ4n) is 3.28. The fourth-order valence-corrected chi connectivity index (χ4v) is 5.25. The zero-order chi connectivity index (χ0) is 25.3. The third-order valence-electron chi connectivity index (χ3n) is 5.11. The van der Waals surface area contributed by atoms with Crippen LogP contribution in [0.1, 0.15) is 28.4 Å². The van der Waals surface area contributed by atoms with E-state index in [0.29, 0.717) is 11.1 Å². The Morgan fingerprint density at radius 2 is 1.97 bits per heavy atom. The number of fused-ring (bicyclic) bond motifs is 1. The molecule has 12 heteroatoms. The largest absolute Gasteiger partial charge is 0.493 e. The van der Waals surface area contributed by atoms with Crippen LogP contribution in [0.3, 0.4) is 0 Å². The van der Waals surface area contributed by atoms with Crippen molar-refractivity contribution in [1.29, 1.82) is 5.41 Å². The van der Waals surface area contributed by atoms with Crippen molar-refractivity contribution in [3.8, 4) is 11.5 Å². The standard InChI is InChI=1S/C23H20N4O6S2/c1-4-35(30,31)23-26-34-22-25-20(28)16(19(24)27(22)23)11-14-8-9-17(18(12-14)32-3)33-21(29)15-7-5-6-13(2)10-15/h5-12,24H,4H2,1-3H3/b16-11-,24-19?. The van der Waals surface area contributed by atoms with E-state index >= 15 is 0 Å². The van der Waals surface area contributed by atoms with E-state index in [-0.39, 0.29) is 39.0 Å². The van der Waals surface area contributed by atoms with Crippen LogP contribution in [0.15, 0.2) is 57.4 Å². The average molecular weight is 513 g/mol. The summed E-state index contributed by atoms with van der Waals surface area (Å²) in [5, 5.41) is 8.16. The van der Waals surface area contributed by atoms with Gasteiger partial charge in [0.1, 0.15) is 5.84 Å². The van der Waals surface area contributed by atoms with Gasteiger partial charge < -0.3 is 9.47 Å². The summed E-state index contributed by atoms with van der Waals surface area (Å²) >= 11 is 0.733. The summed E-state index contributed by atoms with van der Waals surface area (Å²) in [5.74, 6) is -1.42. The molecule has 1 amide bonds. The van der Waals surface area contributed by atoms with Gasteiger partial charge in [0.25, 0.3) is 5.91 Å². The Balaban J connectivity index is 1.63. The van der Waals surface area contributed by atoms with E-state index in [2.05, 4.69) is 9.39 Å². The highest BCUT2D eigenvalue weighted by atomic mass is 32.2. The number of ether oxygens (including phenoxy) is 2. The first-order chi connectivity index (χ1) is 16.6. The van der Waals surface area contributed by atoms with Gasteiger partial charge in [-0.3, -0.25) is 10.2 Å². The Kier molecular flexibility index (Phi) is 6.59. The van der Waals surface area contributed by atoms with Gasteiger partial charge in [0.05, 0.1) is 35.9 Å². The number of amides is 1. The lowest BCUT2D eigenvalue weighted by atomic mass is 10.1. The number of sulfone groups is 1. The van der Waals surface area contributed by atoms with Crippen LogP contribution >= 0.6 is 11.9 Å². The molecule has 2 aromatic rings. The molecule has 0 spiro atoms. The molecule has 4 rings (SSSR count). The molecular formula is C23H20N4O6S2. The van der Waals surface area contributed by atoms with Crippen molar-refractivity contribution in [2.24, 2.45) is 9.39 Å². The molecule has 0 saturated heterocycles. The van der Waals surface area contributed by atoms with Crippen LogP contribution in [0.2, 0.25) is 0 Å². The predicted octanol–water partition coefficient (Wildman–Crippen LogP) is 3.23. The number of amidine groups is 3. The Morgan fingerprint density at radius 3 is 2.66 bits per heavy atom. The van der Waals surface area contributed by atoms with E-state index < -0.39 is 21.7 Å². The number of esters is 1. The van der Waals surface area contributed by atoms with Gasteiger partial charge in [0.2, 0.25) is 20.2 Å². The summed E-state index contributed by atoms with van der Waals surface area (Å²) < 4.78 is 39.5. The fraction of sp³-hybridized carbons (Fsp3) is 0.174. The second kappa shape index (κ2) is 9.47. The topological polar surface area (TPSA) is 139 Å². The molecule has 0 unspecified atom stereocenters. The zero-order valence-electron chi connectivity index (χ0n) is 18.9. The number of carbonyl (C=O) groups is 2. The number of hydrogen-bond acceptors (Lipinski definition) is 9. The minimum absolute atomic E-state index is 0.0140. The first-order valence-corrected chi connectivity index (χ1v) is 12.8. The summed E-state index contributed by atoms with van der Waals surface area (Å²) in [4.78, 5) is 30.0. The molecule has 2 aliphatic heterocycles. The average Bonchev–Trinajstić information content (AvgIpc) is 3.27. The number of aliphatic imine (C=N–C) groups is 1. The van der Waals surface area contributed by atoms with Crippen molar-refractivity contribution < 1.29 is 27.5 Å². The van der Waals surface area contributed by atoms with Crippen LogP contribution in [0.25, 0.3) is 6.08 Å². The number of methoxy groups -OCH3 is 1. The molecule has 0 bridgehead atoms. The maximum atomic E-state index is 12.6. The van der Waals surface area contributed by atoms with Crippen LogP contribution in [0.4, 0.5) is 0 Å². The second-order valence-electron chi connectivity index (χ2n) is 7.48. The van der Waals surface area contributed by atoms with E-state index in [4.69, 9.17) is 14.9 Å². The van der Waals surface area contributed by atoms with Gasteiger partial charge in [0.15, 0.2) is 11.5 Å². The van der Waals surface area contributed by atoms with Gasteiger partial charge in [-0.1, -0.05) is 30.7 Å². The summed E-state index contributed by atoms with van der Waals surface area (Å²) in [5.41, 5.74) is 1.63.